The fourth-order valence-electron chi connectivity index (χ4n) is 3.67. The Labute approximate surface area is 206 Å². The number of fused-ring (bicyclic) bond motifs is 1. The highest BCUT2D eigenvalue weighted by Crippen LogP contribution is 2.27. The molecule has 5 aromatic rings. The minimum atomic E-state index is -0.114. The third-order valence-corrected chi connectivity index (χ3v) is 6.92. The lowest BCUT2D eigenvalue weighted by Crippen LogP contribution is -2.16. The molecule has 0 unspecified atom stereocenters. The molecule has 0 aliphatic heterocycles. The molecular weight excluding hydrogens is 466 g/mol. The first-order valence-electron chi connectivity index (χ1n) is 10.8. The largest absolute Gasteiger partial charge is 0.457 e. The Morgan fingerprint density at radius 1 is 1.03 bits per heavy atom. The van der Waals surface area contributed by atoms with Crippen LogP contribution in [0.5, 0.6) is 11.5 Å². The number of rotatable bonds is 7. The summed E-state index contributed by atoms with van der Waals surface area (Å²) in [6.07, 6.45) is 3.66. The number of nitrogens with one attached hydrogen (secondary N) is 1. The van der Waals surface area contributed by atoms with Crippen molar-refractivity contribution in [3.63, 3.8) is 0 Å². The normalized spacial score (nSPS) is 11.1. The van der Waals surface area contributed by atoms with E-state index >= 15 is 0 Å². The SMILES string of the molecule is Cc1cc(Oc2ccc(CSc3ncc(Cn4ccc5ccccc54)c(=O)[nH]3)cc2)ccc1Cl. The third kappa shape index (κ3) is 5.03. The number of hydrogen-bond acceptors (Lipinski definition) is 4. The van der Waals surface area contributed by atoms with Gasteiger partial charge in [0.15, 0.2) is 5.16 Å². The molecule has 0 bridgehead atoms. The molecule has 1 N–H and O–H groups in total. The van der Waals surface area contributed by atoms with Gasteiger partial charge in [0.05, 0.1) is 12.1 Å². The van der Waals surface area contributed by atoms with E-state index in [9.17, 15) is 4.79 Å². The molecule has 0 saturated heterocycles. The number of benzene rings is 3. The molecule has 170 valence electrons. The molecule has 2 heterocycles. The molecular formula is C27H22ClN3O2S. The van der Waals surface area contributed by atoms with Gasteiger partial charge in [-0.1, -0.05) is 53.7 Å². The van der Waals surface area contributed by atoms with Gasteiger partial charge in [0.25, 0.3) is 5.56 Å². The second kappa shape index (κ2) is 9.79. The molecule has 5 nitrogen and oxygen atoms in total. The number of aryl methyl sites for hydroxylation is 1. The average Bonchev–Trinajstić information content (AvgIpc) is 3.25. The Hall–Kier alpha value is -3.48. The zero-order valence-electron chi connectivity index (χ0n) is 18.5. The molecule has 34 heavy (non-hydrogen) atoms. The standard InChI is InChI=1S/C27H22ClN3O2S/c1-18-14-23(10-11-24(18)28)33-22-8-6-19(7-9-22)17-34-27-29-15-21(26(32)30-27)16-31-13-12-20-4-2-3-5-25(20)31/h2-15H,16-17H2,1H3,(H,29,30,32). The number of thioether (sulfide) groups is 1. The summed E-state index contributed by atoms with van der Waals surface area (Å²) in [5, 5.41) is 2.47. The molecule has 5 rings (SSSR count). The van der Waals surface area contributed by atoms with Crippen molar-refractivity contribution in [1.29, 1.82) is 0 Å². The Kier molecular flexibility index (Phi) is 6.43. The van der Waals surface area contributed by atoms with Gasteiger partial charge in [-0.3, -0.25) is 4.79 Å². The van der Waals surface area contributed by atoms with Gasteiger partial charge in [0.2, 0.25) is 0 Å². The van der Waals surface area contributed by atoms with Crippen molar-refractivity contribution in [3.05, 3.63) is 117 Å². The highest BCUT2D eigenvalue weighted by Gasteiger charge is 2.08. The molecule has 0 aliphatic carbocycles. The van der Waals surface area contributed by atoms with E-state index < -0.39 is 0 Å². The number of para-hydroxylation sites is 1. The molecule has 0 amide bonds. The van der Waals surface area contributed by atoms with Gasteiger partial charge in [0.1, 0.15) is 11.5 Å². The Morgan fingerprint density at radius 3 is 2.62 bits per heavy atom. The Bertz CT molecular complexity index is 1510. The number of hydrogen-bond donors (Lipinski definition) is 1. The van der Waals surface area contributed by atoms with E-state index in [-0.39, 0.29) is 5.56 Å². The number of halogens is 1. The summed E-state index contributed by atoms with van der Waals surface area (Å²) in [5.41, 5.74) is 3.69. The van der Waals surface area contributed by atoms with Crippen LogP contribution >= 0.6 is 23.4 Å². The van der Waals surface area contributed by atoms with Gasteiger partial charge in [0, 0.05) is 28.7 Å². The van der Waals surface area contributed by atoms with Gasteiger partial charge in [-0.25, -0.2) is 4.98 Å². The van der Waals surface area contributed by atoms with Crippen LogP contribution in [0, 0.1) is 6.92 Å². The van der Waals surface area contributed by atoms with Crippen LogP contribution in [0.4, 0.5) is 0 Å². The summed E-state index contributed by atoms with van der Waals surface area (Å²) < 4.78 is 7.96. The first-order chi connectivity index (χ1) is 16.5. The fourth-order valence-corrected chi connectivity index (χ4v) is 4.58. The Morgan fingerprint density at radius 2 is 1.82 bits per heavy atom. The van der Waals surface area contributed by atoms with E-state index in [0.717, 1.165) is 38.6 Å². The van der Waals surface area contributed by atoms with Crippen LogP contribution in [0.2, 0.25) is 5.02 Å². The predicted molar refractivity (Wildman–Crippen MR) is 138 cm³/mol. The zero-order valence-corrected chi connectivity index (χ0v) is 20.1. The number of H-pyrrole nitrogens is 1. The second-order valence-corrected chi connectivity index (χ2v) is 9.36. The van der Waals surface area contributed by atoms with Crippen LogP contribution < -0.4 is 10.3 Å². The van der Waals surface area contributed by atoms with Crippen molar-refractivity contribution in [3.8, 4) is 11.5 Å². The molecule has 7 heteroatoms. The van der Waals surface area contributed by atoms with E-state index in [4.69, 9.17) is 16.3 Å². The lowest BCUT2D eigenvalue weighted by atomic mass is 10.2. The summed E-state index contributed by atoms with van der Waals surface area (Å²) in [6.45, 7) is 2.43. The lowest BCUT2D eigenvalue weighted by Gasteiger charge is -2.08. The summed E-state index contributed by atoms with van der Waals surface area (Å²) in [4.78, 5) is 20.0. The number of ether oxygens (including phenoxy) is 1. The van der Waals surface area contributed by atoms with Crippen molar-refractivity contribution >= 4 is 34.3 Å². The van der Waals surface area contributed by atoms with Crippen molar-refractivity contribution in [2.24, 2.45) is 0 Å². The van der Waals surface area contributed by atoms with Crippen LogP contribution in [0.3, 0.4) is 0 Å². The molecule has 2 aromatic heterocycles. The smallest absolute Gasteiger partial charge is 0.256 e. The van der Waals surface area contributed by atoms with Crippen LogP contribution in [0.1, 0.15) is 16.7 Å². The summed E-state index contributed by atoms with van der Waals surface area (Å²) in [5.74, 6) is 2.19. The van der Waals surface area contributed by atoms with Crippen molar-refractivity contribution in [2.75, 3.05) is 0 Å². The molecule has 0 aliphatic rings. The predicted octanol–water partition coefficient (Wildman–Crippen LogP) is 6.82. The fraction of sp³-hybridized carbons (Fsp3) is 0.111. The average molecular weight is 488 g/mol. The van der Waals surface area contributed by atoms with Crippen LogP contribution in [0.25, 0.3) is 10.9 Å². The van der Waals surface area contributed by atoms with E-state index in [0.29, 0.717) is 23.0 Å². The minimum Gasteiger partial charge on any atom is -0.457 e. The van der Waals surface area contributed by atoms with Crippen molar-refractivity contribution in [2.45, 2.75) is 24.4 Å². The minimum absolute atomic E-state index is 0.114. The topological polar surface area (TPSA) is 59.9 Å². The maximum Gasteiger partial charge on any atom is 0.256 e. The highest BCUT2D eigenvalue weighted by atomic mass is 35.5. The van der Waals surface area contributed by atoms with Crippen LogP contribution in [0.15, 0.2) is 95.1 Å². The first kappa shape index (κ1) is 22.3. The summed E-state index contributed by atoms with van der Waals surface area (Å²) in [7, 11) is 0. The van der Waals surface area contributed by atoms with Crippen molar-refractivity contribution in [1.82, 2.24) is 14.5 Å². The van der Waals surface area contributed by atoms with E-state index in [1.54, 1.807) is 6.20 Å². The molecule has 3 aromatic carbocycles. The molecule has 0 fully saturated rings. The summed E-state index contributed by atoms with van der Waals surface area (Å²) >= 11 is 7.57. The van der Waals surface area contributed by atoms with Gasteiger partial charge in [-0.2, -0.15) is 0 Å². The Balaban J connectivity index is 1.21. The van der Waals surface area contributed by atoms with Gasteiger partial charge in [-0.15, -0.1) is 0 Å². The van der Waals surface area contributed by atoms with Gasteiger partial charge in [-0.05, 0) is 65.9 Å². The van der Waals surface area contributed by atoms with Crippen molar-refractivity contribution < 1.29 is 4.74 Å². The van der Waals surface area contributed by atoms with Gasteiger partial charge < -0.3 is 14.3 Å². The number of aromatic nitrogens is 3. The molecule has 0 atom stereocenters. The quantitative estimate of drug-likeness (QED) is 0.202. The first-order valence-corrected chi connectivity index (χ1v) is 12.2. The van der Waals surface area contributed by atoms with Crippen LogP contribution in [-0.2, 0) is 12.3 Å². The molecule has 0 radical (unpaired) electrons. The highest BCUT2D eigenvalue weighted by molar-refractivity contribution is 7.98. The monoisotopic (exact) mass is 487 g/mol. The lowest BCUT2D eigenvalue weighted by molar-refractivity contribution is 0.482. The van der Waals surface area contributed by atoms with E-state index in [1.165, 1.54) is 11.8 Å². The van der Waals surface area contributed by atoms with E-state index in [1.807, 2.05) is 79.9 Å². The number of aromatic amines is 1. The van der Waals surface area contributed by atoms with E-state index in [2.05, 4.69) is 20.6 Å². The zero-order chi connectivity index (χ0) is 23.5. The molecule has 0 saturated carbocycles. The molecule has 0 spiro atoms. The maximum absolute atomic E-state index is 12.6. The van der Waals surface area contributed by atoms with Gasteiger partial charge >= 0.3 is 0 Å². The maximum atomic E-state index is 12.6. The van der Waals surface area contributed by atoms with Crippen LogP contribution in [-0.4, -0.2) is 14.5 Å². The second-order valence-electron chi connectivity index (χ2n) is 7.99. The summed E-state index contributed by atoms with van der Waals surface area (Å²) in [6, 6.07) is 23.6. The number of nitrogens with zero attached hydrogens (tertiary/aromatic N) is 2. The third-order valence-electron chi connectivity index (χ3n) is 5.53.